The van der Waals surface area contributed by atoms with Crippen LogP contribution in [0.4, 0.5) is 10.1 Å². The highest BCUT2D eigenvalue weighted by molar-refractivity contribution is 7.98. The number of benzene rings is 2. The number of nitrogens with one attached hydrogen (secondary N) is 1. The number of rotatable bonds is 6. The molecule has 0 saturated heterocycles. The van der Waals surface area contributed by atoms with Gasteiger partial charge in [0.2, 0.25) is 0 Å². The lowest BCUT2D eigenvalue weighted by Crippen LogP contribution is -2.11. The van der Waals surface area contributed by atoms with E-state index in [9.17, 15) is 4.39 Å². The van der Waals surface area contributed by atoms with Gasteiger partial charge in [0.1, 0.15) is 18.2 Å². The molecule has 2 nitrogen and oxygen atoms in total. The molecule has 0 saturated carbocycles. The Morgan fingerprint density at radius 3 is 2.79 bits per heavy atom. The van der Waals surface area contributed by atoms with Crippen molar-refractivity contribution in [2.75, 3.05) is 24.7 Å². The van der Waals surface area contributed by atoms with Crippen molar-refractivity contribution in [2.24, 2.45) is 0 Å². The van der Waals surface area contributed by atoms with Gasteiger partial charge in [0, 0.05) is 17.1 Å². The Morgan fingerprint density at radius 2 is 2.00 bits per heavy atom. The smallest absolute Gasteiger partial charge is 0.132 e. The fourth-order valence-electron chi connectivity index (χ4n) is 1.69. The predicted octanol–water partition coefficient (Wildman–Crippen LogP) is 4.04. The van der Waals surface area contributed by atoms with Gasteiger partial charge in [-0.3, -0.25) is 0 Å². The second-order valence-electron chi connectivity index (χ2n) is 3.94. The molecule has 0 aliphatic carbocycles. The number of thioether (sulfide) groups is 1. The van der Waals surface area contributed by atoms with Crippen molar-refractivity contribution in [3.05, 3.63) is 54.3 Å². The number of para-hydroxylation sites is 1. The zero-order valence-electron chi connectivity index (χ0n) is 10.7. The van der Waals surface area contributed by atoms with E-state index >= 15 is 0 Å². The fraction of sp³-hybridized carbons (Fsp3) is 0.200. The van der Waals surface area contributed by atoms with E-state index in [-0.39, 0.29) is 5.82 Å². The van der Waals surface area contributed by atoms with Crippen LogP contribution in [-0.2, 0) is 0 Å². The predicted molar refractivity (Wildman–Crippen MR) is 78.6 cm³/mol. The summed E-state index contributed by atoms with van der Waals surface area (Å²) in [5.41, 5.74) is 0.766. The molecule has 0 fully saturated rings. The Morgan fingerprint density at radius 1 is 1.16 bits per heavy atom. The second-order valence-corrected chi connectivity index (χ2v) is 4.78. The van der Waals surface area contributed by atoms with Crippen LogP contribution in [0, 0.1) is 5.82 Å². The molecule has 100 valence electrons. The summed E-state index contributed by atoms with van der Waals surface area (Å²) in [6, 6.07) is 14.3. The molecule has 0 heterocycles. The first-order chi connectivity index (χ1) is 9.29. The van der Waals surface area contributed by atoms with Crippen LogP contribution in [0.25, 0.3) is 0 Å². The molecule has 2 rings (SSSR count). The van der Waals surface area contributed by atoms with Gasteiger partial charge in [-0.05, 0) is 36.6 Å². The Hall–Kier alpha value is -1.68. The highest BCUT2D eigenvalue weighted by atomic mass is 32.2. The molecule has 0 atom stereocenters. The van der Waals surface area contributed by atoms with E-state index in [0.29, 0.717) is 13.2 Å². The zero-order chi connectivity index (χ0) is 13.5. The van der Waals surface area contributed by atoms with Crippen LogP contribution in [0.15, 0.2) is 53.4 Å². The molecule has 4 heteroatoms. The molecule has 0 spiro atoms. The van der Waals surface area contributed by atoms with Gasteiger partial charge in [0.25, 0.3) is 0 Å². The summed E-state index contributed by atoms with van der Waals surface area (Å²) >= 11 is 1.66. The minimum Gasteiger partial charge on any atom is -0.491 e. The minimum absolute atomic E-state index is 0.237. The van der Waals surface area contributed by atoms with Gasteiger partial charge in [0.15, 0.2) is 0 Å². The Balaban J connectivity index is 1.81. The molecule has 1 N–H and O–H groups in total. The van der Waals surface area contributed by atoms with Crippen molar-refractivity contribution in [3.8, 4) is 5.75 Å². The molecule has 2 aromatic rings. The summed E-state index contributed by atoms with van der Waals surface area (Å²) in [7, 11) is 0. The number of hydrogen-bond acceptors (Lipinski definition) is 3. The van der Waals surface area contributed by atoms with Gasteiger partial charge in [-0.15, -0.1) is 11.8 Å². The number of halogens is 1. The van der Waals surface area contributed by atoms with Gasteiger partial charge in [0.05, 0.1) is 0 Å². The van der Waals surface area contributed by atoms with Crippen LogP contribution in [0.2, 0.25) is 0 Å². The van der Waals surface area contributed by atoms with Crippen molar-refractivity contribution in [1.82, 2.24) is 0 Å². The Kier molecular flexibility index (Phi) is 5.10. The van der Waals surface area contributed by atoms with E-state index in [4.69, 9.17) is 4.74 Å². The van der Waals surface area contributed by atoms with E-state index in [1.165, 1.54) is 12.1 Å². The average Bonchev–Trinajstić information content (AvgIpc) is 2.44. The lowest BCUT2D eigenvalue weighted by atomic mass is 10.3. The molecule has 0 amide bonds. The highest BCUT2D eigenvalue weighted by Gasteiger charge is 2.00. The van der Waals surface area contributed by atoms with Crippen LogP contribution in [-0.4, -0.2) is 19.4 Å². The van der Waals surface area contributed by atoms with Gasteiger partial charge in [-0.1, -0.05) is 18.2 Å². The zero-order valence-corrected chi connectivity index (χ0v) is 11.5. The molecule has 0 aliphatic rings. The second kappa shape index (κ2) is 7.04. The molecule has 0 aromatic heterocycles. The molecule has 19 heavy (non-hydrogen) atoms. The van der Waals surface area contributed by atoms with Crippen molar-refractivity contribution >= 4 is 17.4 Å². The number of ether oxygens (including phenoxy) is 1. The molecule has 0 unspecified atom stereocenters. The largest absolute Gasteiger partial charge is 0.491 e. The van der Waals surface area contributed by atoms with E-state index in [2.05, 4.69) is 5.32 Å². The van der Waals surface area contributed by atoms with E-state index in [0.717, 1.165) is 16.3 Å². The van der Waals surface area contributed by atoms with Crippen molar-refractivity contribution < 1.29 is 9.13 Å². The molecular formula is C15H16FNOS. The Bertz CT molecular complexity index is 533. The molecule has 2 aromatic carbocycles. The van der Waals surface area contributed by atoms with E-state index in [1.807, 2.05) is 36.6 Å². The third-order valence-corrected chi connectivity index (χ3v) is 3.36. The third kappa shape index (κ3) is 4.17. The van der Waals surface area contributed by atoms with Gasteiger partial charge < -0.3 is 10.1 Å². The standard InChI is InChI=1S/C15H16FNOS/c1-19-15-8-3-2-7-14(15)18-10-9-17-13-6-4-5-12(16)11-13/h2-8,11,17H,9-10H2,1H3. The Labute approximate surface area is 117 Å². The van der Waals surface area contributed by atoms with Gasteiger partial charge in [-0.25, -0.2) is 4.39 Å². The molecule has 0 radical (unpaired) electrons. The number of hydrogen-bond donors (Lipinski definition) is 1. The lowest BCUT2D eigenvalue weighted by molar-refractivity contribution is 0.325. The van der Waals surface area contributed by atoms with Crippen LogP contribution in [0.5, 0.6) is 5.75 Å². The van der Waals surface area contributed by atoms with Gasteiger partial charge in [-0.2, -0.15) is 0 Å². The maximum Gasteiger partial charge on any atom is 0.132 e. The highest BCUT2D eigenvalue weighted by Crippen LogP contribution is 2.26. The summed E-state index contributed by atoms with van der Waals surface area (Å²) in [6.07, 6.45) is 2.02. The van der Waals surface area contributed by atoms with E-state index in [1.54, 1.807) is 17.8 Å². The van der Waals surface area contributed by atoms with Gasteiger partial charge >= 0.3 is 0 Å². The van der Waals surface area contributed by atoms with Crippen LogP contribution in [0.1, 0.15) is 0 Å². The van der Waals surface area contributed by atoms with Crippen molar-refractivity contribution in [2.45, 2.75) is 4.90 Å². The first-order valence-electron chi connectivity index (χ1n) is 6.05. The summed E-state index contributed by atoms with van der Waals surface area (Å²) in [5.74, 6) is 0.648. The summed E-state index contributed by atoms with van der Waals surface area (Å²) in [5, 5.41) is 3.12. The molecule has 0 aliphatic heterocycles. The third-order valence-electron chi connectivity index (χ3n) is 2.58. The van der Waals surface area contributed by atoms with E-state index < -0.39 is 0 Å². The fourth-order valence-corrected chi connectivity index (χ4v) is 2.24. The lowest BCUT2D eigenvalue weighted by Gasteiger charge is -2.11. The van der Waals surface area contributed by atoms with Crippen LogP contribution in [0.3, 0.4) is 0 Å². The maximum atomic E-state index is 13.0. The first kappa shape index (κ1) is 13.7. The van der Waals surface area contributed by atoms with Crippen LogP contribution >= 0.6 is 11.8 Å². The topological polar surface area (TPSA) is 21.3 Å². The average molecular weight is 277 g/mol. The maximum absolute atomic E-state index is 13.0. The minimum atomic E-state index is -0.237. The summed E-state index contributed by atoms with van der Waals surface area (Å²) in [6.45, 7) is 1.17. The van der Waals surface area contributed by atoms with Crippen molar-refractivity contribution in [1.29, 1.82) is 0 Å². The molecular weight excluding hydrogens is 261 g/mol. The summed E-state index contributed by atoms with van der Waals surface area (Å²) in [4.78, 5) is 1.12. The SMILES string of the molecule is CSc1ccccc1OCCNc1cccc(F)c1. The monoisotopic (exact) mass is 277 g/mol. The quantitative estimate of drug-likeness (QED) is 0.636. The molecule has 0 bridgehead atoms. The number of anilines is 1. The first-order valence-corrected chi connectivity index (χ1v) is 7.27. The summed E-state index contributed by atoms with van der Waals surface area (Å²) < 4.78 is 18.7. The van der Waals surface area contributed by atoms with Crippen molar-refractivity contribution in [3.63, 3.8) is 0 Å². The van der Waals surface area contributed by atoms with Crippen LogP contribution < -0.4 is 10.1 Å². The normalized spacial score (nSPS) is 10.2.